The number of carbonyl (C=O) groups excluding carboxylic acids is 2. The number of imidazole rings is 2. The topological polar surface area (TPSA) is 116 Å². The van der Waals surface area contributed by atoms with Crippen molar-refractivity contribution in [1.29, 1.82) is 0 Å². The van der Waals surface area contributed by atoms with Crippen LogP contribution in [0.1, 0.15) is 148 Å². The van der Waals surface area contributed by atoms with Crippen LogP contribution in [0.25, 0.3) is 33.6 Å². The van der Waals surface area contributed by atoms with Crippen LogP contribution >= 0.6 is 0 Å². The van der Waals surface area contributed by atoms with Crippen molar-refractivity contribution in [2.75, 3.05) is 13.1 Å². The summed E-state index contributed by atoms with van der Waals surface area (Å²) in [5.74, 6) is 3.08. The Morgan fingerprint density at radius 2 is 1.36 bits per heavy atom. The summed E-state index contributed by atoms with van der Waals surface area (Å²) in [6, 6.07) is 13.7. The Morgan fingerprint density at radius 3 is 2.10 bits per heavy atom. The van der Waals surface area contributed by atoms with Crippen molar-refractivity contribution in [3.05, 3.63) is 71.6 Å². The monoisotopic (exact) mass is 786 g/mol. The summed E-state index contributed by atoms with van der Waals surface area (Å²) in [5, 5.41) is 0. The SMILES string of the molecule is CC1CCCCCCc2cc(ccc2-c2cnc(C3=[N+](C(=O)OC(C)(C)C)CCC3)[nH]2)-c2ccc(-c3cnc(C4=[N+](C(=O)OC(C)(C)C)CC(CC5CC5)C4)[nH]3)cc21. The van der Waals surface area contributed by atoms with Crippen LogP contribution in [-0.4, -0.2) is 77.0 Å². The van der Waals surface area contributed by atoms with Crippen molar-refractivity contribution in [2.45, 2.75) is 143 Å². The maximum absolute atomic E-state index is 13.4. The van der Waals surface area contributed by atoms with Gasteiger partial charge >= 0.3 is 12.2 Å². The molecule has 2 N–H and O–H groups in total. The number of amides is 2. The first-order chi connectivity index (χ1) is 27.7. The van der Waals surface area contributed by atoms with Crippen LogP contribution in [0.2, 0.25) is 0 Å². The van der Waals surface area contributed by atoms with Gasteiger partial charge in [0.2, 0.25) is 11.4 Å². The number of ether oxygens (including phenoxy) is 2. The van der Waals surface area contributed by atoms with E-state index in [4.69, 9.17) is 19.4 Å². The molecule has 2 aliphatic heterocycles. The molecule has 0 saturated heterocycles. The Kier molecular flexibility index (Phi) is 11.1. The van der Waals surface area contributed by atoms with E-state index in [0.717, 1.165) is 96.5 Å². The maximum Gasteiger partial charge on any atom is 0.597 e. The maximum atomic E-state index is 13.4. The summed E-state index contributed by atoms with van der Waals surface area (Å²) in [6.45, 7) is 15.1. The van der Waals surface area contributed by atoms with Crippen molar-refractivity contribution < 1.29 is 28.2 Å². The quantitative estimate of drug-likeness (QED) is 0.188. The third-order valence-electron chi connectivity index (χ3n) is 12.1. The molecule has 4 aromatic rings. The smallest absolute Gasteiger partial charge is 0.406 e. The fourth-order valence-electron chi connectivity index (χ4n) is 9.09. The van der Waals surface area contributed by atoms with E-state index < -0.39 is 11.2 Å². The van der Waals surface area contributed by atoms with Crippen molar-refractivity contribution in [3.63, 3.8) is 0 Å². The van der Waals surface area contributed by atoms with E-state index in [9.17, 15) is 9.59 Å². The van der Waals surface area contributed by atoms with E-state index >= 15 is 0 Å². The number of benzene rings is 2. The number of rotatable bonds is 6. The average molecular weight is 787 g/mol. The van der Waals surface area contributed by atoms with Gasteiger partial charge in [0.25, 0.3) is 0 Å². The van der Waals surface area contributed by atoms with E-state index in [1.165, 1.54) is 54.4 Å². The molecule has 2 amide bonds. The molecule has 0 spiro atoms. The minimum absolute atomic E-state index is 0.289. The number of aryl methyl sites for hydroxylation is 1. The number of aromatic amines is 2. The number of hydrogen-bond donors (Lipinski definition) is 2. The molecule has 8 rings (SSSR count). The number of nitrogens with zero attached hydrogens (tertiary/aromatic N) is 4. The molecule has 306 valence electrons. The minimum Gasteiger partial charge on any atom is -0.406 e. The first-order valence-electron chi connectivity index (χ1n) is 21.8. The van der Waals surface area contributed by atoms with Crippen molar-refractivity contribution >= 4 is 23.6 Å². The third kappa shape index (κ3) is 9.06. The summed E-state index contributed by atoms with van der Waals surface area (Å²) in [5.41, 5.74) is 9.99. The number of hydrogen-bond acceptors (Lipinski definition) is 6. The summed E-state index contributed by atoms with van der Waals surface area (Å²) in [7, 11) is 0. The number of fused-ring (bicyclic) bond motifs is 4. The Hall–Kier alpha value is -4.86. The van der Waals surface area contributed by atoms with Crippen LogP contribution in [0.15, 0.2) is 48.8 Å². The normalized spacial score (nSPS) is 20.5. The minimum atomic E-state index is -0.566. The largest absolute Gasteiger partial charge is 0.597 e. The average Bonchev–Trinajstić information content (AvgIpc) is 3.63. The molecule has 4 aliphatic rings. The fraction of sp³-hybridized carbons (Fsp3) is 0.542. The number of nitrogens with one attached hydrogen (secondary N) is 2. The summed E-state index contributed by atoms with van der Waals surface area (Å²) < 4.78 is 15.2. The zero-order valence-corrected chi connectivity index (χ0v) is 35.7. The molecule has 2 aromatic carbocycles. The van der Waals surface area contributed by atoms with E-state index in [0.29, 0.717) is 24.9 Å². The standard InChI is InChI=1S/C48H60N6O4/c1-30-13-10-8-9-11-14-33-25-34(18-21-37(33)40-28-50-43(52-40)41-15-12-22-53(41)45(55)57-47(2,3)4)36-20-19-35(26-38(30)36)39-27-49-44(51-39)42-24-32(23-31-16-17-31)29-54(42)46(56)58-48(5,6)7/h18-21,25-28,30-32H,8-17,22-24,29H2,1-7H3/p+2. The molecule has 1 saturated carbocycles. The zero-order valence-electron chi connectivity index (χ0n) is 35.7. The molecule has 2 aromatic heterocycles. The van der Waals surface area contributed by atoms with E-state index in [1.807, 2.05) is 58.5 Å². The van der Waals surface area contributed by atoms with Crippen LogP contribution in [0, 0.1) is 11.8 Å². The first-order valence-corrected chi connectivity index (χ1v) is 21.8. The number of H-pyrrole nitrogens is 2. The fourth-order valence-corrected chi connectivity index (χ4v) is 9.09. The first kappa shape index (κ1) is 39.9. The highest BCUT2D eigenvalue weighted by Gasteiger charge is 2.43. The van der Waals surface area contributed by atoms with Gasteiger partial charge in [0.15, 0.2) is 24.7 Å². The van der Waals surface area contributed by atoms with Gasteiger partial charge in [-0.15, -0.1) is 9.15 Å². The van der Waals surface area contributed by atoms with Gasteiger partial charge < -0.3 is 19.4 Å². The molecule has 10 nitrogen and oxygen atoms in total. The molecule has 1 fully saturated rings. The lowest BCUT2D eigenvalue weighted by Gasteiger charge is -2.20. The van der Waals surface area contributed by atoms with Crippen LogP contribution in [0.4, 0.5) is 9.59 Å². The Morgan fingerprint density at radius 1 is 0.707 bits per heavy atom. The van der Waals surface area contributed by atoms with E-state index in [1.54, 1.807) is 4.58 Å². The highest BCUT2D eigenvalue weighted by molar-refractivity contribution is 5.98. The molecule has 2 atom stereocenters. The van der Waals surface area contributed by atoms with Gasteiger partial charge in [-0.05, 0) is 113 Å². The summed E-state index contributed by atoms with van der Waals surface area (Å²) in [6.07, 6.45) is 16.3. The molecular formula is C48H62N6O4+2. The highest BCUT2D eigenvalue weighted by atomic mass is 16.6. The van der Waals surface area contributed by atoms with Crippen LogP contribution in [-0.2, 0) is 15.9 Å². The predicted molar refractivity (Wildman–Crippen MR) is 228 cm³/mol. The van der Waals surface area contributed by atoms with Gasteiger partial charge in [-0.3, -0.25) is 0 Å². The molecule has 10 heteroatoms. The Balaban J connectivity index is 1.10. The van der Waals surface area contributed by atoms with Gasteiger partial charge in [0.1, 0.15) is 11.2 Å². The van der Waals surface area contributed by atoms with Gasteiger partial charge in [0, 0.05) is 30.7 Å². The Labute approximate surface area is 343 Å². The number of aromatic nitrogens is 4. The molecule has 2 bridgehead atoms. The van der Waals surface area contributed by atoms with Crippen molar-refractivity contribution in [2.24, 2.45) is 11.8 Å². The van der Waals surface area contributed by atoms with E-state index in [-0.39, 0.29) is 12.2 Å². The summed E-state index contributed by atoms with van der Waals surface area (Å²) >= 11 is 0. The second kappa shape index (κ2) is 16.1. The van der Waals surface area contributed by atoms with Crippen molar-refractivity contribution in [1.82, 2.24) is 19.9 Å². The molecule has 2 unspecified atom stereocenters. The third-order valence-corrected chi connectivity index (χ3v) is 12.1. The lowest BCUT2D eigenvalue weighted by molar-refractivity contribution is -0.448. The molecular weight excluding hydrogens is 725 g/mol. The van der Waals surface area contributed by atoms with Gasteiger partial charge in [0.05, 0.1) is 23.8 Å². The highest BCUT2D eigenvalue weighted by Crippen LogP contribution is 2.40. The Bertz CT molecular complexity index is 2260. The van der Waals surface area contributed by atoms with Gasteiger partial charge in [-0.1, -0.05) is 69.4 Å². The number of carbonyl (C=O) groups is 2. The predicted octanol–water partition coefficient (Wildman–Crippen LogP) is 10.8. The zero-order chi connectivity index (χ0) is 40.8. The van der Waals surface area contributed by atoms with Crippen LogP contribution < -0.4 is 0 Å². The van der Waals surface area contributed by atoms with Crippen molar-refractivity contribution in [3.8, 4) is 33.6 Å². The van der Waals surface area contributed by atoms with E-state index in [2.05, 4.69) is 53.3 Å². The molecule has 4 heterocycles. The van der Waals surface area contributed by atoms with Gasteiger partial charge in [-0.25, -0.2) is 9.97 Å². The molecule has 2 aliphatic carbocycles. The summed E-state index contributed by atoms with van der Waals surface area (Å²) in [4.78, 5) is 43.4. The lowest BCUT2D eigenvalue weighted by Crippen LogP contribution is -2.33. The lowest BCUT2D eigenvalue weighted by atomic mass is 9.84. The second-order valence-corrected chi connectivity index (χ2v) is 19.3. The second-order valence-electron chi connectivity index (χ2n) is 19.3. The van der Waals surface area contributed by atoms with Crippen LogP contribution in [0.3, 0.4) is 0 Å². The molecule has 0 radical (unpaired) electrons. The molecule has 58 heavy (non-hydrogen) atoms. The van der Waals surface area contributed by atoms with Crippen LogP contribution in [0.5, 0.6) is 0 Å². The van der Waals surface area contributed by atoms with Gasteiger partial charge in [-0.2, -0.15) is 9.59 Å².